The number of hydrogen-bond donors (Lipinski definition) is 1. The molecule has 0 aliphatic rings. The molecule has 1 N–H and O–H groups in total. The van der Waals surface area contributed by atoms with Gasteiger partial charge in [-0.15, -0.1) is 0 Å². The molecule has 0 heterocycles. The highest BCUT2D eigenvalue weighted by Gasteiger charge is 2.35. The van der Waals surface area contributed by atoms with E-state index in [1.807, 2.05) is 13.8 Å². The summed E-state index contributed by atoms with van der Waals surface area (Å²) in [5, 5.41) is 3.14. The van der Waals surface area contributed by atoms with Crippen molar-refractivity contribution in [3.8, 4) is 0 Å². The van der Waals surface area contributed by atoms with Crippen molar-refractivity contribution in [3.63, 3.8) is 0 Å². The van der Waals surface area contributed by atoms with Crippen LogP contribution in [-0.4, -0.2) is 24.7 Å². The van der Waals surface area contributed by atoms with Crippen LogP contribution in [0.5, 0.6) is 0 Å². The summed E-state index contributed by atoms with van der Waals surface area (Å²) in [6, 6.07) is 6.55. The molecule has 0 saturated heterocycles. The highest BCUT2D eigenvalue weighted by atomic mass is 19.1. The summed E-state index contributed by atoms with van der Waals surface area (Å²) in [7, 11) is 1.34. The number of carbonyl (C=O) groups is 1. The standard InChI is InChI=1S/C14H20FNO2/c1-10(2)16-14(3,13(17)18-4)9-11-7-5-6-8-12(11)15/h5-8,10,16H,9H2,1-4H3. The lowest BCUT2D eigenvalue weighted by Gasteiger charge is -2.30. The van der Waals surface area contributed by atoms with E-state index in [0.29, 0.717) is 5.56 Å². The van der Waals surface area contributed by atoms with Crippen molar-refractivity contribution in [2.75, 3.05) is 7.11 Å². The van der Waals surface area contributed by atoms with Crippen molar-refractivity contribution in [2.45, 2.75) is 38.8 Å². The van der Waals surface area contributed by atoms with Crippen molar-refractivity contribution < 1.29 is 13.9 Å². The van der Waals surface area contributed by atoms with Gasteiger partial charge in [-0.25, -0.2) is 4.39 Å². The number of rotatable bonds is 5. The van der Waals surface area contributed by atoms with Crippen LogP contribution in [0.4, 0.5) is 4.39 Å². The molecule has 1 rings (SSSR count). The van der Waals surface area contributed by atoms with Gasteiger partial charge in [-0.3, -0.25) is 10.1 Å². The van der Waals surface area contributed by atoms with Gasteiger partial charge >= 0.3 is 5.97 Å². The lowest BCUT2D eigenvalue weighted by atomic mass is 9.91. The third kappa shape index (κ3) is 3.53. The van der Waals surface area contributed by atoms with Gasteiger partial charge in [0.05, 0.1) is 7.11 Å². The molecule has 1 atom stereocenters. The van der Waals surface area contributed by atoms with Gasteiger partial charge in [0.1, 0.15) is 11.4 Å². The van der Waals surface area contributed by atoms with Gasteiger partial charge < -0.3 is 4.74 Å². The molecule has 0 spiro atoms. The molecule has 0 aliphatic heterocycles. The van der Waals surface area contributed by atoms with E-state index in [0.717, 1.165) is 0 Å². The summed E-state index contributed by atoms with van der Waals surface area (Å²) in [5.41, 5.74) is -0.427. The molecule has 1 aromatic carbocycles. The van der Waals surface area contributed by atoms with Crippen molar-refractivity contribution in [2.24, 2.45) is 0 Å². The minimum atomic E-state index is -0.925. The number of hydrogen-bond acceptors (Lipinski definition) is 3. The van der Waals surface area contributed by atoms with Gasteiger partial charge in [0.25, 0.3) is 0 Å². The van der Waals surface area contributed by atoms with Crippen molar-refractivity contribution in [3.05, 3.63) is 35.6 Å². The molecule has 0 amide bonds. The highest BCUT2D eigenvalue weighted by Crippen LogP contribution is 2.18. The molecular weight excluding hydrogens is 233 g/mol. The number of esters is 1. The van der Waals surface area contributed by atoms with E-state index in [-0.39, 0.29) is 24.2 Å². The Morgan fingerprint density at radius 1 is 1.44 bits per heavy atom. The molecule has 100 valence electrons. The number of methoxy groups -OCH3 is 1. The van der Waals surface area contributed by atoms with Crippen LogP contribution < -0.4 is 5.32 Å². The first-order chi connectivity index (χ1) is 8.39. The van der Waals surface area contributed by atoms with Gasteiger partial charge in [-0.1, -0.05) is 18.2 Å². The fourth-order valence-corrected chi connectivity index (χ4v) is 2.07. The first-order valence-corrected chi connectivity index (χ1v) is 5.98. The largest absolute Gasteiger partial charge is 0.468 e. The van der Waals surface area contributed by atoms with Crippen molar-refractivity contribution in [1.29, 1.82) is 0 Å². The minimum absolute atomic E-state index is 0.0980. The maximum Gasteiger partial charge on any atom is 0.326 e. The summed E-state index contributed by atoms with van der Waals surface area (Å²) >= 11 is 0. The second kappa shape index (κ2) is 5.96. The van der Waals surface area contributed by atoms with E-state index < -0.39 is 5.54 Å². The molecule has 0 fully saturated rings. The molecule has 1 unspecified atom stereocenters. The van der Waals surface area contributed by atoms with Gasteiger partial charge in [-0.05, 0) is 32.4 Å². The molecule has 0 aromatic heterocycles. The average molecular weight is 253 g/mol. The molecule has 0 bridgehead atoms. The Labute approximate surface area is 107 Å². The van der Waals surface area contributed by atoms with Crippen molar-refractivity contribution >= 4 is 5.97 Å². The first kappa shape index (κ1) is 14.6. The molecule has 18 heavy (non-hydrogen) atoms. The molecule has 4 heteroatoms. The zero-order valence-corrected chi connectivity index (χ0v) is 11.3. The number of benzene rings is 1. The van der Waals surface area contributed by atoms with Gasteiger partial charge in [0.15, 0.2) is 0 Å². The molecule has 0 aliphatic carbocycles. The summed E-state index contributed by atoms with van der Waals surface area (Å²) < 4.78 is 18.4. The van der Waals surface area contributed by atoms with Crippen LogP contribution in [0.15, 0.2) is 24.3 Å². The Kier molecular flexibility index (Phi) is 4.84. The zero-order chi connectivity index (χ0) is 13.8. The second-order valence-electron chi connectivity index (χ2n) is 4.89. The van der Waals surface area contributed by atoms with Crippen LogP contribution in [0.3, 0.4) is 0 Å². The van der Waals surface area contributed by atoms with Crippen LogP contribution >= 0.6 is 0 Å². The summed E-state index contributed by atoms with van der Waals surface area (Å²) in [6.07, 6.45) is 0.254. The van der Waals surface area contributed by atoms with Crippen LogP contribution in [0, 0.1) is 5.82 Å². The summed E-state index contributed by atoms with van der Waals surface area (Å²) in [4.78, 5) is 11.9. The molecule has 0 saturated carbocycles. The van der Waals surface area contributed by atoms with Gasteiger partial charge in [0.2, 0.25) is 0 Å². The Morgan fingerprint density at radius 3 is 2.56 bits per heavy atom. The fraction of sp³-hybridized carbons (Fsp3) is 0.500. The monoisotopic (exact) mass is 253 g/mol. The van der Waals surface area contributed by atoms with Crippen LogP contribution in [0.2, 0.25) is 0 Å². The number of nitrogens with one attached hydrogen (secondary N) is 1. The maximum atomic E-state index is 13.6. The lowest BCUT2D eigenvalue weighted by Crippen LogP contribution is -2.54. The Hall–Kier alpha value is -1.42. The van der Waals surface area contributed by atoms with Gasteiger partial charge in [-0.2, -0.15) is 0 Å². The van der Waals surface area contributed by atoms with Gasteiger partial charge in [0, 0.05) is 12.5 Å². The second-order valence-corrected chi connectivity index (χ2v) is 4.89. The first-order valence-electron chi connectivity index (χ1n) is 5.98. The Morgan fingerprint density at radius 2 is 2.06 bits per heavy atom. The van der Waals surface area contributed by atoms with E-state index in [9.17, 15) is 9.18 Å². The predicted octanol–water partition coefficient (Wildman–Crippen LogP) is 2.30. The number of carbonyl (C=O) groups excluding carboxylic acids is 1. The Bertz CT molecular complexity index is 420. The van der Waals surface area contributed by atoms with Crippen molar-refractivity contribution in [1.82, 2.24) is 5.32 Å². The van der Waals surface area contributed by atoms with Crippen LogP contribution in [0.1, 0.15) is 26.3 Å². The zero-order valence-electron chi connectivity index (χ0n) is 11.3. The van der Waals surface area contributed by atoms with Crippen LogP contribution in [-0.2, 0) is 16.0 Å². The van der Waals surface area contributed by atoms with E-state index in [1.54, 1.807) is 25.1 Å². The van der Waals surface area contributed by atoms with E-state index >= 15 is 0 Å². The van der Waals surface area contributed by atoms with E-state index in [4.69, 9.17) is 4.74 Å². The normalized spacial score (nSPS) is 14.3. The molecule has 0 radical (unpaired) electrons. The smallest absolute Gasteiger partial charge is 0.326 e. The van der Waals surface area contributed by atoms with E-state index in [1.165, 1.54) is 13.2 Å². The number of halogens is 1. The predicted molar refractivity (Wildman–Crippen MR) is 68.8 cm³/mol. The SMILES string of the molecule is COC(=O)C(C)(Cc1ccccc1F)NC(C)C. The molecule has 1 aromatic rings. The maximum absolute atomic E-state index is 13.6. The quantitative estimate of drug-likeness (QED) is 0.818. The summed E-state index contributed by atoms with van der Waals surface area (Å²) in [5.74, 6) is -0.697. The van der Waals surface area contributed by atoms with Crippen LogP contribution in [0.25, 0.3) is 0 Å². The topological polar surface area (TPSA) is 38.3 Å². The molecule has 3 nitrogen and oxygen atoms in total. The lowest BCUT2D eigenvalue weighted by molar-refractivity contribution is -0.148. The average Bonchev–Trinajstić information content (AvgIpc) is 2.30. The summed E-state index contributed by atoms with van der Waals surface area (Å²) in [6.45, 7) is 5.59. The third-order valence-electron chi connectivity index (χ3n) is 2.75. The minimum Gasteiger partial charge on any atom is -0.468 e. The third-order valence-corrected chi connectivity index (χ3v) is 2.75. The number of ether oxygens (including phenoxy) is 1. The Balaban J connectivity index is 2.99. The highest BCUT2D eigenvalue weighted by molar-refractivity contribution is 5.80. The van der Waals surface area contributed by atoms with E-state index in [2.05, 4.69) is 5.32 Å². The fourth-order valence-electron chi connectivity index (χ4n) is 2.07. The molecular formula is C14H20FNO2.